The average Bonchev–Trinajstić information content (AvgIpc) is 3.40. The fraction of sp³-hybridized carbons (Fsp3) is 0.304. The fourth-order valence-electron chi connectivity index (χ4n) is 3.83. The topological polar surface area (TPSA) is 112 Å². The van der Waals surface area contributed by atoms with Crippen molar-refractivity contribution in [3.8, 4) is 11.1 Å². The molecule has 0 fully saturated rings. The van der Waals surface area contributed by atoms with Crippen LogP contribution < -0.4 is 5.32 Å². The first-order valence-corrected chi connectivity index (χ1v) is 10.9. The molecule has 8 heteroatoms. The van der Waals surface area contributed by atoms with Crippen LogP contribution in [0.3, 0.4) is 0 Å². The SMILES string of the molecule is O=C(NCCC(O)C(O)c1ncc(CO)s1)OCC1c2ccccc2-c2ccccc21. The van der Waals surface area contributed by atoms with Gasteiger partial charge in [-0.25, -0.2) is 9.78 Å². The molecule has 162 valence electrons. The number of hydrogen-bond acceptors (Lipinski definition) is 7. The van der Waals surface area contributed by atoms with Gasteiger partial charge in [0.05, 0.1) is 17.6 Å². The zero-order chi connectivity index (χ0) is 21.8. The van der Waals surface area contributed by atoms with Crippen LogP contribution in [0.1, 0.15) is 39.5 Å². The van der Waals surface area contributed by atoms with E-state index in [-0.39, 0.29) is 32.1 Å². The lowest BCUT2D eigenvalue weighted by atomic mass is 9.98. The molecule has 1 aromatic heterocycles. The van der Waals surface area contributed by atoms with Crippen molar-refractivity contribution in [1.82, 2.24) is 10.3 Å². The Bertz CT molecular complexity index is 1010. The number of ether oxygens (including phenoxy) is 1. The summed E-state index contributed by atoms with van der Waals surface area (Å²) in [6.07, 6.45) is -1.23. The highest BCUT2D eigenvalue weighted by Crippen LogP contribution is 2.44. The summed E-state index contributed by atoms with van der Waals surface area (Å²) in [4.78, 5) is 16.8. The fourth-order valence-corrected chi connectivity index (χ4v) is 4.65. The second-order valence-corrected chi connectivity index (χ2v) is 8.52. The molecule has 0 radical (unpaired) electrons. The van der Waals surface area contributed by atoms with E-state index in [9.17, 15) is 15.0 Å². The third kappa shape index (κ3) is 4.62. The highest BCUT2D eigenvalue weighted by molar-refractivity contribution is 7.11. The first-order chi connectivity index (χ1) is 15.1. The molecule has 31 heavy (non-hydrogen) atoms. The van der Waals surface area contributed by atoms with Gasteiger partial charge in [0.2, 0.25) is 0 Å². The maximum atomic E-state index is 12.2. The Morgan fingerprint density at radius 2 is 1.74 bits per heavy atom. The quantitative estimate of drug-likeness (QED) is 0.429. The number of nitrogens with zero attached hydrogens (tertiary/aromatic N) is 1. The van der Waals surface area contributed by atoms with E-state index in [0.29, 0.717) is 9.88 Å². The number of amides is 1. The van der Waals surface area contributed by atoms with E-state index < -0.39 is 18.3 Å². The van der Waals surface area contributed by atoms with Crippen LogP contribution in [0.25, 0.3) is 11.1 Å². The van der Waals surface area contributed by atoms with Crippen molar-refractivity contribution in [3.05, 3.63) is 75.7 Å². The minimum absolute atomic E-state index is 0.0174. The normalized spacial score (nSPS) is 14.5. The van der Waals surface area contributed by atoms with E-state index in [2.05, 4.69) is 34.6 Å². The molecule has 1 aliphatic rings. The van der Waals surface area contributed by atoms with Gasteiger partial charge in [-0.05, 0) is 28.7 Å². The Morgan fingerprint density at radius 3 is 2.35 bits per heavy atom. The van der Waals surface area contributed by atoms with E-state index >= 15 is 0 Å². The number of alkyl carbamates (subject to hydrolysis) is 1. The summed E-state index contributed by atoms with van der Waals surface area (Å²) in [5.74, 6) is -0.0174. The van der Waals surface area contributed by atoms with Crippen LogP contribution in [0.15, 0.2) is 54.7 Å². The summed E-state index contributed by atoms with van der Waals surface area (Å²) < 4.78 is 5.45. The van der Waals surface area contributed by atoms with Crippen LogP contribution >= 0.6 is 11.3 Å². The Kier molecular flexibility index (Phi) is 6.62. The van der Waals surface area contributed by atoms with Gasteiger partial charge in [-0.15, -0.1) is 11.3 Å². The Balaban J connectivity index is 1.27. The maximum Gasteiger partial charge on any atom is 0.407 e. The molecule has 0 saturated carbocycles. The predicted molar refractivity (Wildman–Crippen MR) is 117 cm³/mol. The molecule has 4 rings (SSSR count). The molecule has 2 unspecified atom stereocenters. The zero-order valence-corrected chi connectivity index (χ0v) is 17.6. The number of aliphatic hydroxyl groups excluding tert-OH is 3. The lowest BCUT2D eigenvalue weighted by Crippen LogP contribution is -2.30. The molecule has 0 spiro atoms. The van der Waals surface area contributed by atoms with E-state index in [4.69, 9.17) is 9.84 Å². The predicted octanol–water partition coefficient (Wildman–Crippen LogP) is 2.96. The van der Waals surface area contributed by atoms with Gasteiger partial charge >= 0.3 is 6.09 Å². The second kappa shape index (κ2) is 9.57. The van der Waals surface area contributed by atoms with Crippen molar-refractivity contribution in [3.63, 3.8) is 0 Å². The zero-order valence-electron chi connectivity index (χ0n) is 16.8. The lowest BCUT2D eigenvalue weighted by molar-refractivity contribution is 0.0135. The highest BCUT2D eigenvalue weighted by atomic mass is 32.1. The van der Waals surface area contributed by atoms with Crippen molar-refractivity contribution in [1.29, 1.82) is 0 Å². The maximum absolute atomic E-state index is 12.2. The number of nitrogens with one attached hydrogen (secondary N) is 1. The molecule has 4 N–H and O–H groups in total. The summed E-state index contributed by atoms with van der Waals surface area (Å²) in [6, 6.07) is 16.2. The number of benzene rings is 2. The van der Waals surface area contributed by atoms with Crippen LogP contribution in [0.5, 0.6) is 0 Å². The summed E-state index contributed by atoms with van der Waals surface area (Å²) in [7, 11) is 0. The van der Waals surface area contributed by atoms with Crippen LogP contribution in [-0.2, 0) is 11.3 Å². The minimum Gasteiger partial charge on any atom is -0.449 e. The van der Waals surface area contributed by atoms with E-state index in [1.54, 1.807) is 0 Å². The molecule has 1 heterocycles. The number of carbonyl (C=O) groups is 1. The number of fused-ring (bicyclic) bond motifs is 3. The second-order valence-electron chi connectivity index (χ2n) is 7.38. The standard InChI is InChI=1S/C23H24N2O5S/c26-12-14-11-25-22(31-14)21(28)20(27)9-10-24-23(29)30-13-19-17-7-3-1-5-15(17)16-6-2-4-8-18(16)19/h1-8,11,19-21,26-28H,9-10,12-13H2,(H,24,29). The lowest BCUT2D eigenvalue weighted by Gasteiger charge is -2.17. The number of aliphatic hydroxyl groups is 3. The molecular formula is C23H24N2O5S. The van der Waals surface area contributed by atoms with Crippen LogP contribution in [0.4, 0.5) is 4.79 Å². The van der Waals surface area contributed by atoms with Crippen molar-refractivity contribution in [2.45, 2.75) is 31.2 Å². The molecule has 0 saturated heterocycles. The van der Waals surface area contributed by atoms with Crippen LogP contribution in [-0.4, -0.2) is 45.7 Å². The first-order valence-electron chi connectivity index (χ1n) is 10.1. The Morgan fingerprint density at radius 1 is 1.10 bits per heavy atom. The largest absolute Gasteiger partial charge is 0.449 e. The Labute approximate surface area is 184 Å². The molecule has 1 aliphatic carbocycles. The summed E-state index contributed by atoms with van der Waals surface area (Å²) in [5, 5.41) is 32.3. The molecular weight excluding hydrogens is 416 g/mol. The van der Waals surface area contributed by atoms with Gasteiger partial charge in [0.25, 0.3) is 0 Å². The number of thiazole rings is 1. The van der Waals surface area contributed by atoms with Gasteiger partial charge in [0.1, 0.15) is 17.7 Å². The van der Waals surface area contributed by atoms with Crippen LogP contribution in [0.2, 0.25) is 0 Å². The summed E-state index contributed by atoms with van der Waals surface area (Å²) >= 11 is 1.14. The van der Waals surface area contributed by atoms with Gasteiger partial charge in [0, 0.05) is 18.7 Å². The van der Waals surface area contributed by atoms with Gasteiger partial charge in [-0.1, -0.05) is 48.5 Å². The Hall–Kier alpha value is -2.78. The minimum atomic E-state index is -1.17. The van der Waals surface area contributed by atoms with Crippen molar-refractivity contribution in [2.24, 2.45) is 0 Å². The van der Waals surface area contributed by atoms with Gasteiger partial charge in [-0.2, -0.15) is 0 Å². The van der Waals surface area contributed by atoms with E-state index in [0.717, 1.165) is 33.6 Å². The molecule has 0 aliphatic heterocycles. The van der Waals surface area contributed by atoms with Gasteiger partial charge in [0.15, 0.2) is 0 Å². The first kappa shape index (κ1) is 21.5. The molecule has 1 amide bonds. The van der Waals surface area contributed by atoms with Crippen molar-refractivity contribution < 1.29 is 24.9 Å². The molecule has 2 aromatic carbocycles. The summed E-state index contributed by atoms with van der Waals surface area (Å²) in [6.45, 7) is 0.199. The van der Waals surface area contributed by atoms with Crippen molar-refractivity contribution >= 4 is 17.4 Å². The number of hydrogen-bond donors (Lipinski definition) is 4. The third-order valence-corrected chi connectivity index (χ3v) is 6.45. The highest BCUT2D eigenvalue weighted by Gasteiger charge is 2.29. The number of rotatable bonds is 8. The van der Waals surface area contributed by atoms with Crippen molar-refractivity contribution in [2.75, 3.05) is 13.2 Å². The molecule has 3 aromatic rings. The molecule has 0 bridgehead atoms. The summed E-state index contributed by atoms with van der Waals surface area (Å²) in [5.41, 5.74) is 4.60. The smallest absolute Gasteiger partial charge is 0.407 e. The molecule has 7 nitrogen and oxygen atoms in total. The average molecular weight is 441 g/mol. The van der Waals surface area contributed by atoms with Crippen LogP contribution in [0, 0.1) is 0 Å². The van der Waals surface area contributed by atoms with Gasteiger partial charge in [-0.3, -0.25) is 0 Å². The third-order valence-electron chi connectivity index (χ3n) is 5.40. The monoisotopic (exact) mass is 440 g/mol. The van der Waals surface area contributed by atoms with E-state index in [1.807, 2.05) is 24.3 Å². The number of carbonyl (C=O) groups excluding carboxylic acids is 1. The number of aromatic nitrogens is 1. The van der Waals surface area contributed by atoms with Gasteiger partial charge < -0.3 is 25.4 Å². The van der Waals surface area contributed by atoms with E-state index in [1.165, 1.54) is 6.20 Å². The molecule has 2 atom stereocenters.